The molecule has 1 rings (SSSR count). The number of hydrogen-bond donors (Lipinski definition) is 1. The highest BCUT2D eigenvalue weighted by Gasteiger charge is 2.31. The van der Waals surface area contributed by atoms with Crippen LogP contribution in [-0.4, -0.2) is 61.6 Å². The van der Waals surface area contributed by atoms with Gasteiger partial charge in [-0.1, -0.05) is 18.7 Å². The lowest BCUT2D eigenvalue weighted by Crippen LogP contribution is -2.54. The Morgan fingerprint density at radius 2 is 1.84 bits per heavy atom. The van der Waals surface area contributed by atoms with Crippen molar-refractivity contribution >= 4 is 12.0 Å². The maximum atomic E-state index is 14.2. The Labute approximate surface area is 182 Å². The Kier molecular flexibility index (Phi) is 11.7. The van der Waals surface area contributed by atoms with E-state index in [4.69, 9.17) is 14.2 Å². The maximum Gasteiger partial charge on any atom is 0.408 e. The van der Waals surface area contributed by atoms with E-state index in [0.29, 0.717) is 13.2 Å². The van der Waals surface area contributed by atoms with E-state index in [1.165, 1.54) is 17.0 Å². The Bertz CT molecular complexity index is 724. The van der Waals surface area contributed by atoms with Gasteiger partial charge in [0.2, 0.25) is 5.91 Å². The highest BCUT2D eigenvalue weighted by molar-refractivity contribution is 5.86. The largest absolute Gasteiger partial charge is 0.445 e. The summed E-state index contributed by atoms with van der Waals surface area (Å²) in [6, 6.07) is 1.65. The lowest BCUT2D eigenvalue weighted by molar-refractivity contribution is -0.162. The summed E-state index contributed by atoms with van der Waals surface area (Å²) in [5.74, 6) is -2.02. The van der Waals surface area contributed by atoms with Crippen LogP contribution in [0.15, 0.2) is 30.9 Å². The number of carbonyl (C=O) groups excluding carboxylic acids is 2. The van der Waals surface area contributed by atoms with Gasteiger partial charge in [0.15, 0.2) is 6.29 Å². The second-order valence-corrected chi connectivity index (χ2v) is 6.95. The van der Waals surface area contributed by atoms with Gasteiger partial charge in [-0.15, -0.1) is 0 Å². The second-order valence-electron chi connectivity index (χ2n) is 6.95. The molecule has 174 valence electrons. The number of halogens is 2. The second kappa shape index (κ2) is 13.7. The standard InChI is InChI=1S/C22H32F2N2O5/c1-6-11-31-22(28)25-19(12-16-9-10-17(23)13-18(16)24)21(27)26(15(4)5)14-20(29-7-2)30-8-3/h6,9-10,13,15,19-20H,1,7-8,11-12,14H2,2-5H3,(H,25,28). The summed E-state index contributed by atoms with van der Waals surface area (Å²) in [4.78, 5) is 26.9. The van der Waals surface area contributed by atoms with Gasteiger partial charge < -0.3 is 24.4 Å². The molecule has 1 atom stereocenters. The molecule has 7 nitrogen and oxygen atoms in total. The van der Waals surface area contributed by atoms with Crippen molar-refractivity contribution in [2.45, 2.75) is 52.5 Å². The third kappa shape index (κ3) is 9.02. The Morgan fingerprint density at radius 1 is 1.19 bits per heavy atom. The summed E-state index contributed by atoms with van der Waals surface area (Å²) in [5, 5.41) is 2.47. The third-order valence-electron chi connectivity index (χ3n) is 4.32. The fourth-order valence-electron chi connectivity index (χ4n) is 2.87. The molecule has 0 spiro atoms. The minimum Gasteiger partial charge on any atom is -0.445 e. The molecule has 31 heavy (non-hydrogen) atoms. The van der Waals surface area contributed by atoms with Crippen molar-refractivity contribution in [2.24, 2.45) is 0 Å². The summed E-state index contributed by atoms with van der Waals surface area (Å²) >= 11 is 0. The minimum atomic E-state index is -1.15. The molecule has 0 bridgehead atoms. The van der Waals surface area contributed by atoms with Crippen LogP contribution in [0, 0.1) is 11.6 Å². The van der Waals surface area contributed by atoms with Gasteiger partial charge >= 0.3 is 6.09 Å². The van der Waals surface area contributed by atoms with Gasteiger partial charge in [0, 0.05) is 31.7 Å². The zero-order valence-corrected chi connectivity index (χ0v) is 18.5. The molecule has 9 heteroatoms. The van der Waals surface area contributed by atoms with E-state index in [2.05, 4.69) is 11.9 Å². The number of nitrogens with one attached hydrogen (secondary N) is 1. The van der Waals surface area contributed by atoms with Crippen molar-refractivity contribution in [2.75, 3.05) is 26.4 Å². The molecule has 2 amide bonds. The Balaban J connectivity index is 3.14. The molecule has 0 aliphatic rings. The van der Waals surface area contributed by atoms with Crippen molar-refractivity contribution in [1.82, 2.24) is 10.2 Å². The SMILES string of the molecule is C=CCOC(=O)NC(Cc1ccc(F)cc1F)C(=O)N(CC(OCC)OCC)C(C)C. The fourth-order valence-corrected chi connectivity index (χ4v) is 2.87. The summed E-state index contributed by atoms with van der Waals surface area (Å²) in [7, 11) is 0. The first-order valence-electron chi connectivity index (χ1n) is 10.2. The van der Waals surface area contributed by atoms with Crippen LogP contribution in [0.25, 0.3) is 0 Å². The van der Waals surface area contributed by atoms with Crippen LogP contribution < -0.4 is 5.32 Å². The lowest BCUT2D eigenvalue weighted by Gasteiger charge is -2.33. The van der Waals surface area contributed by atoms with E-state index in [0.717, 1.165) is 12.1 Å². The molecule has 0 saturated heterocycles. The summed E-state index contributed by atoms with van der Waals surface area (Å²) < 4.78 is 43.5. The van der Waals surface area contributed by atoms with Gasteiger partial charge in [0.1, 0.15) is 24.3 Å². The van der Waals surface area contributed by atoms with E-state index < -0.39 is 36.0 Å². The Hall–Kier alpha value is -2.52. The van der Waals surface area contributed by atoms with Gasteiger partial charge in [-0.3, -0.25) is 4.79 Å². The number of carbonyl (C=O) groups is 2. The molecule has 0 fully saturated rings. The average molecular weight is 443 g/mol. The number of amides is 2. The van der Waals surface area contributed by atoms with E-state index in [1.807, 2.05) is 13.8 Å². The molecule has 0 aromatic heterocycles. The van der Waals surface area contributed by atoms with Gasteiger partial charge in [-0.05, 0) is 39.3 Å². The molecule has 0 aliphatic heterocycles. The monoisotopic (exact) mass is 442 g/mol. The van der Waals surface area contributed by atoms with Crippen molar-refractivity contribution in [3.8, 4) is 0 Å². The molecule has 1 unspecified atom stereocenters. The summed E-state index contributed by atoms with van der Waals surface area (Å²) in [6.45, 7) is 11.5. The number of rotatable bonds is 13. The molecule has 0 heterocycles. The zero-order valence-electron chi connectivity index (χ0n) is 18.5. The number of hydrogen-bond acceptors (Lipinski definition) is 5. The smallest absolute Gasteiger partial charge is 0.408 e. The molecule has 1 aromatic carbocycles. The topological polar surface area (TPSA) is 77.1 Å². The molecular weight excluding hydrogens is 410 g/mol. The molecule has 1 N–H and O–H groups in total. The van der Waals surface area contributed by atoms with Gasteiger partial charge in [0.05, 0.1) is 6.54 Å². The maximum absolute atomic E-state index is 14.2. The van der Waals surface area contributed by atoms with Gasteiger partial charge in [-0.25, -0.2) is 13.6 Å². The molecular formula is C22H32F2N2O5. The molecule has 0 aliphatic carbocycles. The van der Waals surface area contributed by atoms with Crippen LogP contribution in [0.1, 0.15) is 33.3 Å². The molecule has 0 radical (unpaired) electrons. The van der Waals surface area contributed by atoms with Crippen molar-refractivity contribution in [3.05, 3.63) is 48.1 Å². The van der Waals surface area contributed by atoms with Crippen molar-refractivity contribution in [1.29, 1.82) is 0 Å². The molecule has 0 saturated carbocycles. The predicted molar refractivity (Wildman–Crippen MR) is 112 cm³/mol. The van der Waals surface area contributed by atoms with Crippen molar-refractivity contribution < 1.29 is 32.6 Å². The summed E-state index contributed by atoms with van der Waals surface area (Å²) in [6.07, 6.45) is -0.316. The lowest BCUT2D eigenvalue weighted by atomic mass is 10.0. The number of ether oxygens (including phenoxy) is 3. The number of nitrogens with zero attached hydrogens (tertiary/aromatic N) is 1. The number of benzene rings is 1. The first-order valence-corrected chi connectivity index (χ1v) is 10.2. The van der Waals surface area contributed by atoms with Crippen LogP contribution in [0.2, 0.25) is 0 Å². The van der Waals surface area contributed by atoms with E-state index >= 15 is 0 Å². The third-order valence-corrected chi connectivity index (χ3v) is 4.32. The van der Waals surface area contributed by atoms with Crippen LogP contribution in [0.4, 0.5) is 13.6 Å². The van der Waals surface area contributed by atoms with Crippen LogP contribution >= 0.6 is 0 Å². The number of alkyl carbamates (subject to hydrolysis) is 1. The summed E-state index contributed by atoms with van der Waals surface area (Å²) in [5.41, 5.74) is 0.0821. The van der Waals surface area contributed by atoms with Crippen LogP contribution in [-0.2, 0) is 25.4 Å². The normalized spacial score (nSPS) is 12.0. The Morgan fingerprint density at radius 3 is 2.35 bits per heavy atom. The van der Waals surface area contributed by atoms with Gasteiger partial charge in [0.25, 0.3) is 0 Å². The zero-order chi connectivity index (χ0) is 23.4. The highest BCUT2D eigenvalue weighted by atomic mass is 19.1. The van der Waals surface area contributed by atoms with Gasteiger partial charge in [-0.2, -0.15) is 0 Å². The first kappa shape index (κ1) is 26.5. The molecule has 1 aromatic rings. The van der Waals surface area contributed by atoms with E-state index in [1.54, 1.807) is 13.8 Å². The highest BCUT2D eigenvalue weighted by Crippen LogP contribution is 2.15. The van der Waals surface area contributed by atoms with Crippen molar-refractivity contribution in [3.63, 3.8) is 0 Å². The predicted octanol–water partition coefficient (Wildman–Crippen LogP) is 3.42. The van der Waals surface area contributed by atoms with E-state index in [-0.39, 0.29) is 31.2 Å². The minimum absolute atomic E-state index is 0.0533. The van der Waals surface area contributed by atoms with Crippen LogP contribution in [0.3, 0.4) is 0 Å². The fraction of sp³-hybridized carbons (Fsp3) is 0.545. The van der Waals surface area contributed by atoms with E-state index in [9.17, 15) is 18.4 Å². The quantitative estimate of drug-likeness (QED) is 0.374. The first-order chi connectivity index (χ1) is 14.7. The van der Waals surface area contributed by atoms with Crippen LogP contribution in [0.5, 0.6) is 0 Å². The average Bonchev–Trinajstić information content (AvgIpc) is 2.71.